The zero-order valence-corrected chi connectivity index (χ0v) is 26.5. The van der Waals surface area contributed by atoms with Crippen molar-refractivity contribution in [3.63, 3.8) is 0 Å². The van der Waals surface area contributed by atoms with Crippen molar-refractivity contribution in [3.05, 3.63) is 30.9 Å². The number of hydrogen-bond acceptors (Lipinski definition) is 2. The average Bonchev–Trinajstić information content (AvgIpc) is 2.93. The Kier molecular flexibility index (Phi) is 13.8. The Morgan fingerprint density at radius 2 is 0.909 bits per heavy atom. The Balaban J connectivity index is 0. The molecule has 0 aliphatic carbocycles. The van der Waals surface area contributed by atoms with Gasteiger partial charge in [-0.1, -0.05) is 111 Å². The van der Waals surface area contributed by atoms with E-state index in [1.165, 1.54) is 11.4 Å². The minimum atomic E-state index is -0.189. The molecule has 4 radical (unpaired) electrons. The van der Waals surface area contributed by atoms with E-state index in [0.29, 0.717) is 20.6 Å². The molecule has 1 aromatic rings. The van der Waals surface area contributed by atoms with Gasteiger partial charge in [-0.2, -0.15) is 0 Å². The molecule has 8 heteroatoms. The van der Waals surface area contributed by atoms with Crippen LogP contribution < -0.4 is 9.62 Å². The summed E-state index contributed by atoms with van der Waals surface area (Å²) in [5.74, 6) is 0. The first-order valence-corrected chi connectivity index (χ1v) is 14.2. The van der Waals surface area contributed by atoms with Gasteiger partial charge in [0.2, 0.25) is 0 Å². The average molecular weight is 573 g/mol. The standard InChI is InChI=1S/C24H44BN2P2.CO.B.Ru/c1-21(2,3)28(22(4,5)6)17-26-19-15-13-14-16-20(19)27(25-26)18-29(23(7,8)9)24(10,11)12;1-2;;/h13-16H,17-18H2,1-12H3;;;. The predicted octanol–water partition coefficient (Wildman–Crippen LogP) is 7.50. The molecule has 0 fully saturated rings. The topological polar surface area (TPSA) is 26.4 Å². The molecule has 0 bridgehead atoms. The number of rotatable bonds is 4. The van der Waals surface area contributed by atoms with Crippen molar-refractivity contribution in [1.29, 1.82) is 0 Å². The van der Waals surface area contributed by atoms with E-state index in [4.69, 9.17) is 4.65 Å². The first kappa shape index (κ1) is 35.3. The Hall–Kier alpha value is 0.173. The van der Waals surface area contributed by atoms with Crippen LogP contribution >= 0.6 is 15.8 Å². The maximum Gasteiger partial charge on any atom is 0 e. The zero-order valence-electron chi connectivity index (χ0n) is 22.9. The molecule has 0 atom stereocenters. The molecule has 0 spiro atoms. The fourth-order valence-corrected chi connectivity index (χ4v) is 11.4. The number of hydrogen-bond donors (Lipinski definition) is 0. The fourth-order valence-electron chi connectivity index (χ4n) is 4.63. The second kappa shape index (κ2) is 12.9. The molecule has 0 saturated carbocycles. The number of fused-ring (bicyclic) bond motifs is 1. The van der Waals surface area contributed by atoms with Gasteiger partial charge in [-0.25, -0.2) is 0 Å². The van der Waals surface area contributed by atoms with E-state index in [1.807, 2.05) is 0 Å². The van der Waals surface area contributed by atoms with Crippen LogP contribution in [0.2, 0.25) is 0 Å². The van der Waals surface area contributed by atoms with Crippen molar-refractivity contribution >= 4 is 43.2 Å². The largest absolute Gasteiger partial charge is 0 e. The molecule has 1 heterocycles. The third-order valence-corrected chi connectivity index (χ3v) is 13.3. The second-order valence-electron chi connectivity index (χ2n) is 12.4. The van der Waals surface area contributed by atoms with E-state index < -0.39 is 0 Å². The molecule has 3 nitrogen and oxygen atoms in total. The van der Waals surface area contributed by atoms with Crippen molar-refractivity contribution in [2.75, 3.05) is 22.2 Å². The van der Waals surface area contributed by atoms with Gasteiger partial charge in [0.1, 0.15) is 0 Å². The third kappa shape index (κ3) is 9.62. The van der Waals surface area contributed by atoms with Crippen LogP contribution in [0.3, 0.4) is 0 Å². The molecule has 0 saturated heterocycles. The third-order valence-electron chi connectivity index (χ3n) is 5.61. The van der Waals surface area contributed by atoms with Crippen LogP contribution in [-0.2, 0) is 24.1 Å². The van der Waals surface area contributed by atoms with Crippen LogP contribution in [-0.4, -0.2) is 49.2 Å². The molecule has 0 N–H and O–H groups in total. The Morgan fingerprint density at radius 1 is 0.667 bits per heavy atom. The fraction of sp³-hybridized carbons (Fsp3) is 0.720. The van der Waals surface area contributed by atoms with Crippen molar-refractivity contribution < 1.29 is 24.1 Å². The first-order valence-electron chi connectivity index (χ1n) is 11.2. The summed E-state index contributed by atoms with van der Waals surface area (Å²) in [4.78, 5) is 5.10. The van der Waals surface area contributed by atoms with Gasteiger partial charge in [-0.3, -0.25) is 0 Å². The smallest absolute Gasteiger partial charge is 0 e. The normalized spacial score (nSPS) is 14.1. The SMILES string of the molecule is CC(C)(C)P(CN1[B]N(CP(C(C)(C)C)C(C)(C)C)c2ccccc21)C(C)(C)C.[B].[C-]#[O+].[Ru]. The summed E-state index contributed by atoms with van der Waals surface area (Å²) >= 11 is 0. The number of benzene rings is 1. The minimum Gasteiger partial charge on any atom is 0 e. The van der Waals surface area contributed by atoms with Gasteiger partial charge >= 0.3 is 18.9 Å². The minimum absolute atomic E-state index is 0. The van der Waals surface area contributed by atoms with Crippen molar-refractivity contribution in [1.82, 2.24) is 0 Å². The van der Waals surface area contributed by atoms with Crippen LogP contribution in [0.4, 0.5) is 11.4 Å². The molecule has 33 heavy (non-hydrogen) atoms. The van der Waals surface area contributed by atoms with Crippen molar-refractivity contribution in [2.45, 2.75) is 104 Å². The molecule has 0 amide bonds. The molecule has 184 valence electrons. The maximum atomic E-state index is 7.50. The van der Waals surface area contributed by atoms with Gasteiger partial charge in [0.25, 0.3) is 0 Å². The molecule has 0 unspecified atom stereocenters. The van der Waals surface area contributed by atoms with E-state index in [2.05, 4.69) is 131 Å². The van der Waals surface area contributed by atoms with Crippen molar-refractivity contribution in [3.8, 4) is 0 Å². The van der Waals surface area contributed by atoms with Crippen LogP contribution in [0.15, 0.2) is 24.3 Å². The van der Waals surface area contributed by atoms with E-state index >= 15 is 0 Å². The molecular formula is C25H44B2N2OP2Ru. The zero-order chi connectivity index (χ0) is 24.4. The van der Waals surface area contributed by atoms with Gasteiger partial charge in [-0.05, 0) is 32.8 Å². The Labute approximate surface area is 223 Å². The van der Waals surface area contributed by atoms with Gasteiger partial charge in [-0.15, -0.1) is 0 Å². The first-order chi connectivity index (χ1) is 13.9. The summed E-state index contributed by atoms with van der Waals surface area (Å²) in [7, 11) is 2.04. The van der Waals surface area contributed by atoms with Gasteiger partial charge < -0.3 is 9.62 Å². The van der Waals surface area contributed by atoms with Crippen LogP contribution in [0.1, 0.15) is 83.1 Å². The summed E-state index contributed by atoms with van der Waals surface area (Å²) in [6.45, 7) is 33.5. The predicted molar refractivity (Wildman–Crippen MR) is 149 cm³/mol. The summed E-state index contributed by atoms with van der Waals surface area (Å²) < 4.78 is 7.50. The van der Waals surface area contributed by atoms with Crippen LogP contribution in [0.5, 0.6) is 0 Å². The maximum absolute atomic E-state index is 7.50. The number of nitrogens with zero attached hydrogens (tertiary/aromatic N) is 2. The van der Waals surface area contributed by atoms with Crippen LogP contribution in [0.25, 0.3) is 0 Å². The summed E-state index contributed by atoms with van der Waals surface area (Å²) in [6.07, 6.45) is 2.25. The second-order valence-corrected chi connectivity index (χ2v) is 20.0. The van der Waals surface area contributed by atoms with Crippen molar-refractivity contribution in [2.24, 2.45) is 0 Å². The molecule has 0 aromatic heterocycles. The molecule has 1 aromatic carbocycles. The van der Waals surface area contributed by atoms with E-state index in [1.54, 1.807) is 0 Å². The van der Waals surface area contributed by atoms with Gasteiger partial charge in [0, 0.05) is 51.8 Å². The summed E-state index contributed by atoms with van der Waals surface area (Å²) in [5.41, 5.74) is 2.76. The van der Waals surface area contributed by atoms with Gasteiger partial charge in [0.15, 0.2) is 0 Å². The number of anilines is 2. The Bertz CT molecular complexity index is 663. The molecule has 1 aliphatic heterocycles. The quantitative estimate of drug-likeness (QED) is 0.162. The Morgan fingerprint density at radius 3 is 1.12 bits per heavy atom. The summed E-state index contributed by atoms with van der Waals surface area (Å²) in [6, 6.07) is 8.99. The van der Waals surface area contributed by atoms with Gasteiger partial charge in [0.05, 0.1) is 0 Å². The molecule has 2 rings (SSSR count). The van der Waals surface area contributed by atoms with E-state index in [9.17, 15) is 0 Å². The summed E-state index contributed by atoms with van der Waals surface area (Å²) in [5, 5.41) is 1.31. The molecule has 1 aliphatic rings. The van der Waals surface area contributed by atoms with Crippen LogP contribution in [0, 0.1) is 6.65 Å². The van der Waals surface area contributed by atoms with E-state index in [0.717, 1.165) is 12.6 Å². The molecular weight excluding hydrogens is 529 g/mol. The van der Waals surface area contributed by atoms with E-state index in [-0.39, 0.29) is 43.7 Å². The monoisotopic (exact) mass is 574 g/mol. The number of para-hydroxylation sites is 2.